The average Bonchev–Trinajstić information content (AvgIpc) is 3.00. The number of hydrogen-bond acceptors (Lipinski definition) is 2. The average molecular weight is 609 g/mol. The first-order chi connectivity index (χ1) is 21.0. The molecule has 2 nitrogen and oxygen atoms in total. The largest absolute Gasteiger partial charge is 0.392 e. The Bertz CT molecular complexity index is 472. The van der Waals surface area contributed by atoms with E-state index in [0.717, 1.165) is 25.7 Å². The van der Waals surface area contributed by atoms with Crippen LogP contribution in [-0.4, -0.2) is 22.4 Å². The van der Waals surface area contributed by atoms with Crippen LogP contribution in [0.2, 0.25) is 0 Å². The molecule has 0 aromatic heterocycles. The van der Waals surface area contributed by atoms with Crippen LogP contribution in [0.5, 0.6) is 0 Å². The highest BCUT2D eigenvalue weighted by Crippen LogP contribution is 2.32. The van der Waals surface area contributed by atoms with Gasteiger partial charge in [0.25, 0.3) is 0 Å². The second-order valence-electron chi connectivity index (χ2n) is 15.0. The van der Waals surface area contributed by atoms with Crippen LogP contribution in [0.3, 0.4) is 0 Å². The minimum absolute atomic E-state index is 0.393. The Labute approximate surface area is 273 Å². The van der Waals surface area contributed by atoms with Crippen molar-refractivity contribution in [3.63, 3.8) is 0 Å². The fourth-order valence-corrected chi connectivity index (χ4v) is 6.74. The topological polar surface area (TPSA) is 40.5 Å². The minimum atomic E-state index is -0.398. The molecule has 0 saturated carbocycles. The zero-order chi connectivity index (χ0) is 31.7. The summed E-state index contributed by atoms with van der Waals surface area (Å²) in [5.41, 5.74) is -0.398. The number of unbranched alkanes of at least 4 members (excludes halogenated alkanes) is 30. The lowest BCUT2D eigenvalue weighted by molar-refractivity contribution is -0.0555. The SMILES string of the molecule is CCCCCCCCCCCCCCCCCCC(O)C(C)(C)C(O)CCCCCCCCCCCCCCCCCC. The van der Waals surface area contributed by atoms with Gasteiger partial charge in [0.15, 0.2) is 0 Å². The summed E-state index contributed by atoms with van der Waals surface area (Å²) < 4.78 is 0. The van der Waals surface area contributed by atoms with Gasteiger partial charge in [-0.05, 0) is 12.8 Å². The molecule has 2 N–H and O–H groups in total. The van der Waals surface area contributed by atoms with Crippen molar-refractivity contribution in [2.75, 3.05) is 0 Å². The van der Waals surface area contributed by atoms with Crippen molar-refractivity contribution >= 4 is 0 Å². The number of hydrogen-bond donors (Lipinski definition) is 2. The molecule has 0 rings (SSSR count). The van der Waals surface area contributed by atoms with Crippen LogP contribution in [0.15, 0.2) is 0 Å². The normalized spacial score (nSPS) is 13.5. The Morgan fingerprint density at radius 2 is 0.465 bits per heavy atom. The molecule has 0 bridgehead atoms. The predicted octanol–water partition coefficient (Wildman–Crippen LogP) is 14.0. The molecule has 2 heteroatoms. The summed E-state index contributed by atoms with van der Waals surface area (Å²) in [4.78, 5) is 0. The zero-order valence-electron chi connectivity index (χ0n) is 30.6. The van der Waals surface area contributed by atoms with Crippen molar-refractivity contribution in [3.05, 3.63) is 0 Å². The molecule has 0 fully saturated rings. The van der Waals surface area contributed by atoms with Gasteiger partial charge in [-0.1, -0.05) is 233 Å². The summed E-state index contributed by atoms with van der Waals surface area (Å²) in [6.07, 6.45) is 44.9. The molecule has 0 radical (unpaired) electrons. The summed E-state index contributed by atoms with van der Waals surface area (Å²) in [7, 11) is 0. The summed E-state index contributed by atoms with van der Waals surface area (Å²) in [5, 5.41) is 21.7. The van der Waals surface area contributed by atoms with Crippen LogP contribution in [-0.2, 0) is 0 Å². The smallest absolute Gasteiger partial charge is 0.0615 e. The van der Waals surface area contributed by atoms with Gasteiger partial charge in [0.05, 0.1) is 12.2 Å². The van der Waals surface area contributed by atoms with E-state index < -0.39 is 17.6 Å². The van der Waals surface area contributed by atoms with Gasteiger partial charge in [-0.15, -0.1) is 0 Å². The van der Waals surface area contributed by atoms with Crippen molar-refractivity contribution in [2.24, 2.45) is 5.41 Å². The van der Waals surface area contributed by atoms with E-state index in [9.17, 15) is 10.2 Å². The van der Waals surface area contributed by atoms with E-state index in [1.807, 2.05) is 0 Å². The van der Waals surface area contributed by atoms with E-state index in [4.69, 9.17) is 0 Å². The lowest BCUT2D eigenvalue weighted by Gasteiger charge is -2.35. The van der Waals surface area contributed by atoms with E-state index >= 15 is 0 Å². The third-order valence-corrected chi connectivity index (χ3v) is 10.4. The molecule has 0 amide bonds. The van der Waals surface area contributed by atoms with Crippen molar-refractivity contribution < 1.29 is 10.2 Å². The van der Waals surface area contributed by atoms with Crippen molar-refractivity contribution in [1.82, 2.24) is 0 Å². The molecule has 43 heavy (non-hydrogen) atoms. The third-order valence-electron chi connectivity index (χ3n) is 10.4. The van der Waals surface area contributed by atoms with E-state index in [-0.39, 0.29) is 0 Å². The zero-order valence-corrected chi connectivity index (χ0v) is 30.6. The Kier molecular flexibility index (Phi) is 33.2. The molecular weight excluding hydrogens is 524 g/mol. The predicted molar refractivity (Wildman–Crippen MR) is 194 cm³/mol. The summed E-state index contributed by atoms with van der Waals surface area (Å²) in [6.45, 7) is 8.73. The first-order valence-corrected chi connectivity index (χ1v) is 20.3. The quantitative estimate of drug-likeness (QED) is 0.0695. The fraction of sp³-hybridized carbons (Fsp3) is 1.00. The second-order valence-corrected chi connectivity index (χ2v) is 15.0. The molecule has 0 spiro atoms. The van der Waals surface area contributed by atoms with Gasteiger partial charge in [-0.25, -0.2) is 0 Å². The lowest BCUT2D eigenvalue weighted by Crippen LogP contribution is -2.40. The molecule has 0 aromatic carbocycles. The molecule has 2 unspecified atom stereocenters. The molecule has 0 aliphatic heterocycles. The van der Waals surface area contributed by atoms with Gasteiger partial charge in [0.1, 0.15) is 0 Å². The molecule has 0 aliphatic rings. The van der Waals surface area contributed by atoms with Crippen LogP contribution < -0.4 is 0 Å². The van der Waals surface area contributed by atoms with Gasteiger partial charge in [0.2, 0.25) is 0 Å². The first-order valence-electron chi connectivity index (χ1n) is 20.3. The monoisotopic (exact) mass is 609 g/mol. The molecule has 260 valence electrons. The summed E-state index contributed by atoms with van der Waals surface area (Å²) in [6, 6.07) is 0. The molecule has 0 aliphatic carbocycles. The highest BCUT2D eigenvalue weighted by molar-refractivity contribution is 4.85. The van der Waals surface area contributed by atoms with E-state index in [1.165, 1.54) is 193 Å². The second kappa shape index (κ2) is 33.3. The van der Waals surface area contributed by atoms with Crippen LogP contribution in [0.1, 0.15) is 246 Å². The first kappa shape index (κ1) is 42.9. The van der Waals surface area contributed by atoms with Crippen LogP contribution in [0.25, 0.3) is 0 Å². The third kappa shape index (κ3) is 29.1. The Morgan fingerprint density at radius 3 is 0.651 bits per heavy atom. The lowest BCUT2D eigenvalue weighted by atomic mass is 9.77. The maximum Gasteiger partial charge on any atom is 0.0615 e. The van der Waals surface area contributed by atoms with Crippen LogP contribution >= 0.6 is 0 Å². The number of aliphatic hydroxyl groups is 2. The highest BCUT2D eigenvalue weighted by Gasteiger charge is 2.34. The molecule has 0 saturated heterocycles. The number of rotatable bonds is 36. The van der Waals surface area contributed by atoms with Gasteiger partial charge in [-0.2, -0.15) is 0 Å². The van der Waals surface area contributed by atoms with Gasteiger partial charge >= 0.3 is 0 Å². The van der Waals surface area contributed by atoms with E-state index in [1.54, 1.807) is 0 Å². The maximum absolute atomic E-state index is 10.8. The Balaban J connectivity index is 3.51. The molecular formula is C41H84O2. The maximum atomic E-state index is 10.8. The van der Waals surface area contributed by atoms with Gasteiger partial charge in [0, 0.05) is 5.41 Å². The summed E-state index contributed by atoms with van der Waals surface area (Å²) in [5.74, 6) is 0. The summed E-state index contributed by atoms with van der Waals surface area (Å²) >= 11 is 0. The van der Waals surface area contributed by atoms with Crippen molar-refractivity contribution in [1.29, 1.82) is 0 Å². The van der Waals surface area contributed by atoms with E-state index in [2.05, 4.69) is 27.7 Å². The van der Waals surface area contributed by atoms with Crippen molar-refractivity contribution in [3.8, 4) is 0 Å². The highest BCUT2D eigenvalue weighted by atomic mass is 16.3. The Morgan fingerprint density at radius 1 is 0.302 bits per heavy atom. The van der Waals surface area contributed by atoms with Gasteiger partial charge in [-0.3, -0.25) is 0 Å². The molecule has 2 atom stereocenters. The standard InChI is InChI=1S/C41H84O2/c1-5-7-9-11-13-15-17-19-21-23-25-27-29-31-33-35-37-39(42)41(3,4)40(43)38-36-34-32-30-28-26-24-22-20-18-16-14-12-10-8-6-2/h39-40,42-43H,5-38H2,1-4H3. The fourth-order valence-electron chi connectivity index (χ4n) is 6.74. The van der Waals surface area contributed by atoms with E-state index in [0.29, 0.717) is 0 Å². The van der Waals surface area contributed by atoms with Crippen molar-refractivity contribution in [2.45, 2.75) is 258 Å². The Hall–Kier alpha value is -0.0800. The minimum Gasteiger partial charge on any atom is -0.392 e. The molecule has 0 aromatic rings. The van der Waals surface area contributed by atoms with Crippen LogP contribution in [0, 0.1) is 5.41 Å². The molecule has 0 heterocycles. The van der Waals surface area contributed by atoms with Crippen LogP contribution in [0.4, 0.5) is 0 Å². The number of aliphatic hydroxyl groups excluding tert-OH is 2. The van der Waals surface area contributed by atoms with Gasteiger partial charge < -0.3 is 10.2 Å².